The molecule has 0 aliphatic heterocycles. The second kappa shape index (κ2) is 8.84. The summed E-state index contributed by atoms with van der Waals surface area (Å²) in [5, 5.41) is 2.79. The van der Waals surface area contributed by atoms with Crippen LogP contribution in [0.25, 0.3) is 0 Å². The number of hydrogen-bond donors (Lipinski definition) is 2. The number of carbonyl (C=O) groups excluding carboxylic acids is 1. The summed E-state index contributed by atoms with van der Waals surface area (Å²) in [6.07, 6.45) is 4.15. The van der Waals surface area contributed by atoms with Crippen molar-refractivity contribution in [2.24, 2.45) is 0 Å². The lowest BCUT2D eigenvalue weighted by Gasteiger charge is -2.17. The number of nitrogens with one attached hydrogen (secondary N) is 2. The van der Waals surface area contributed by atoms with Gasteiger partial charge in [0.2, 0.25) is 15.9 Å². The van der Waals surface area contributed by atoms with E-state index in [0.717, 1.165) is 36.8 Å². The molecule has 0 fully saturated rings. The zero-order valence-electron chi connectivity index (χ0n) is 15.9. The first-order valence-electron chi connectivity index (χ1n) is 9.51. The highest BCUT2D eigenvalue weighted by Gasteiger charge is 2.18. The van der Waals surface area contributed by atoms with Crippen LogP contribution in [-0.2, 0) is 27.7 Å². The Morgan fingerprint density at radius 3 is 2.46 bits per heavy atom. The lowest BCUT2D eigenvalue weighted by molar-refractivity contribution is -0.121. The van der Waals surface area contributed by atoms with Crippen molar-refractivity contribution in [3.05, 3.63) is 65.0 Å². The topological polar surface area (TPSA) is 75.3 Å². The minimum absolute atomic E-state index is 0.0153. The van der Waals surface area contributed by atoms with Gasteiger partial charge in [0, 0.05) is 13.0 Å². The quantitative estimate of drug-likeness (QED) is 0.744. The smallest absolute Gasteiger partial charge is 0.240 e. The Bertz CT molecular complexity index is 943. The van der Waals surface area contributed by atoms with Crippen molar-refractivity contribution < 1.29 is 17.6 Å². The van der Waals surface area contributed by atoms with Crippen molar-refractivity contribution >= 4 is 15.9 Å². The first-order chi connectivity index (χ1) is 13.3. The molecule has 0 spiro atoms. The summed E-state index contributed by atoms with van der Waals surface area (Å²) in [5.74, 6) is -0.608. The molecule has 0 bridgehead atoms. The van der Waals surface area contributed by atoms with Gasteiger partial charge < -0.3 is 5.32 Å². The van der Waals surface area contributed by atoms with Crippen LogP contribution in [0.4, 0.5) is 4.39 Å². The highest BCUT2D eigenvalue weighted by Crippen LogP contribution is 2.24. The number of halogens is 1. The van der Waals surface area contributed by atoms with E-state index >= 15 is 0 Å². The van der Waals surface area contributed by atoms with E-state index in [1.54, 1.807) is 31.2 Å². The van der Waals surface area contributed by atoms with E-state index in [0.29, 0.717) is 0 Å². The molecular weight excluding hydrogens is 379 g/mol. The molecule has 1 atom stereocenters. The molecule has 0 aromatic heterocycles. The molecule has 2 aromatic carbocycles. The van der Waals surface area contributed by atoms with Crippen molar-refractivity contribution in [3.8, 4) is 0 Å². The fourth-order valence-corrected chi connectivity index (χ4v) is 4.49. The van der Waals surface area contributed by atoms with Crippen LogP contribution >= 0.6 is 0 Å². The maximum atomic E-state index is 13.0. The third-order valence-electron chi connectivity index (χ3n) is 5.02. The highest BCUT2D eigenvalue weighted by molar-refractivity contribution is 7.89. The van der Waals surface area contributed by atoms with E-state index < -0.39 is 10.0 Å². The van der Waals surface area contributed by atoms with Crippen LogP contribution in [0.2, 0.25) is 0 Å². The van der Waals surface area contributed by atoms with Gasteiger partial charge in [-0.05, 0) is 73.6 Å². The Morgan fingerprint density at radius 1 is 1.07 bits per heavy atom. The number of sulfonamides is 1. The Labute approximate surface area is 165 Å². The Hall–Kier alpha value is -2.25. The van der Waals surface area contributed by atoms with Gasteiger partial charge in [0.15, 0.2) is 0 Å². The van der Waals surface area contributed by atoms with Gasteiger partial charge in [0.05, 0.1) is 10.9 Å². The molecule has 1 aliphatic carbocycles. The van der Waals surface area contributed by atoms with Crippen LogP contribution in [0.15, 0.2) is 47.4 Å². The van der Waals surface area contributed by atoms with Gasteiger partial charge in [-0.2, -0.15) is 0 Å². The SMILES string of the molecule is CC(NC(=O)CCNS(=O)(=O)c1ccc2c(c1)CCCC2)c1ccc(F)cc1. The Kier molecular flexibility index (Phi) is 6.46. The van der Waals surface area contributed by atoms with E-state index in [2.05, 4.69) is 10.0 Å². The number of hydrogen-bond acceptors (Lipinski definition) is 3. The van der Waals surface area contributed by atoms with Gasteiger partial charge in [-0.25, -0.2) is 17.5 Å². The molecule has 0 saturated carbocycles. The zero-order chi connectivity index (χ0) is 20.1. The van der Waals surface area contributed by atoms with Gasteiger partial charge >= 0.3 is 0 Å². The second-order valence-corrected chi connectivity index (χ2v) is 8.89. The molecule has 0 saturated heterocycles. The predicted molar refractivity (Wildman–Crippen MR) is 106 cm³/mol. The maximum absolute atomic E-state index is 13.0. The average molecular weight is 405 g/mol. The number of fused-ring (bicyclic) bond motifs is 1. The third-order valence-corrected chi connectivity index (χ3v) is 6.48. The molecule has 1 amide bonds. The van der Waals surface area contributed by atoms with E-state index in [1.165, 1.54) is 17.7 Å². The first kappa shape index (κ1) is 20.5. The highest BCUT2D eigenvalue weighted by atomic mass is 32.2. The zero-order valence-corrected chi connectivity index (χ0v) is 16.7. The van der Waals surface area contributed by atoms with Gasteiger partial charge in [-0.15, -0.1) is 0 Å². The lowest BCUT2D eigenvalue weighted by atomic mass is 9.92. The summed E-state index contributed by atoms with van der Waals surface area (Å²) in [7, 11) is -3.65. The lowest BCUT2D eigenvalue weighted by Crippen LogP contribution is -2.32. The molecule has 0 radical (unpaired) electrons. The summed E-state index contributed by atoms with van der Waals surface area (Å²) in [4.78, 5) is 12.3. The van der Waals surface area contributed by atoms with Crippen LogP contribution < -0.4 is 10.0 Å². The largest absolute Gasteiger partial charge is 0.350 e. The molecule has 3 rings (SSSR count). The molecule has 0 heterocycles. The second-order valence-electron chi connectivity index (χ2n) is 7.13. The van der Waals surface area contributed by atoms with Crippen molar-refractivity contribution in [3.63, 3.8) is 0 Å². The summed E-state index contributed by atoms with van der Waals surface area (Å²) in [6.45, 7) is 1.81. The molecular formula is C21H25FN2O3S. The monoisotopic (exact) mass is 404 g/mol. The average Bonchev–Trinajstić information content (AvgIpc) is 2.68. The van der Waals surface area contributed by atoms with Crippen molar-refractivity contribution in [1.82, 2.24) is 10.0 Å². The first-order valence-corrected chi connectivity index (χ1v) is 11.0. The number of amides is 1. The van der Waals surface area contributed by atoms with Crippen molar-refractivity contribution in [2.75, 3.05) is 6.54 Å². The van der Waals surface area contributed by atoms with Crippen LogP contribution in [0, 0.1) is 5.82 Å². The normalized spacial score (nSPS) is 14.9. The summed E-state index contributed by atoms with van der Waals surface area (Å²) >= 11 is 0. The van der Waals surface area contributed by atoms with Gasteiger partial charge in [-0.1, -0.05) is 18.2 Å². The van der Waals surface area contributed by atoms with E-state index in [1.807, 2.05) is 6.07 Å². The molecule has 2 aromatic rings. The van der Waals surface area contributed by atoms with Gasteiger partial charge in [0.1, 0.15) is 5.82 Å². The summed E-state index contributed by atoms with van der Waals surface area (Å²) in [5.41, 5.74) is 3.10. The molecule has 150 valence electrons. The molecule has 1 aliphatic rings. The number of aryl methyl sites for hydroxylation is 2. The minimum atomic E-state index is -3.65. The molecule has 5 nitrogen and oxygen atoms in total. The third kappa shape index (κ3) is 5.17. The van der Waals surface area contributed by atoms with E-state index in [9.17, 15) is 17.6 Å². The van der Waals surface area contributed by atoms with Crippen LogP contribution in [0.1, 0.15) is 48.9 Å². The Balaban J connectivity index is 1.52. The number of carbonyl (C=O) groups is 1. The standard InChI is InChI=1S/C21H25FN2O3S/c1-15(16-6-9-19(22)10-7-16)24-21(25)12-13-23-28(26,27)20-11-8-17-4-2-3-5-18(17)14-20/h6-11,14-15,23H,2-5,12-13H2,1H3,(H,24,25). The van der Waals surface area contributed by atoms with Gasteiger partial charge in [0.25, 0.3) is 0 Å². The molecule has 1 unspecified atom stereocenters. The van der Waals surface area contributed by atoms with Crippen molar-refractivity contribution in [2.45, 2.75) is 50.0 Å². The minimum Gasteiger partial charge on any atom is -0.350 e. The van der Waals surface area contributed by atoms with E-state index in [-0.39, 0.29) is 35.6 Å². The van der Waals surface area contributed by atoms with Gasteiger partial charge in [-0.3, -0.25) is 4.79 Å². The van der Waals surface area contributed by atoms with Crippen LogP contribution in [0.5, 0.6) is 0 Å². The fraction of sp³-hybridized carbons (Fsp3) is 0.381. The summed E-state index contributed by atoms with van der Waals surface area (Å²) < 4.78 is 40.5. The Morgan fingerprint density at radius 2 is 1.75 bits per heavy atom. The van der Waals surface area contributed by atoms with E-state index in [4.69, 9.17) is 0 Å². The van der Waals surface area contributed by atoms with Crippen LogP contribution in [0.3, 0.4) is 0 Å². The van der Waals surface area contributed by atoms with Crippen molar-refractivity contribution in [1.29, 1.82) is 0 Å². The maximum Gasteiger partial charge on any atom is 0.240 e. The number of benzene rings is 2. The molecule has 7 heteroatoms. The summed E-state index contributed by atoms with van der Waals surface area (Å²) in [6, 6.07) is 10.9. The fourth-order valence-electron chi connectivity index (χ4n) is 3.41. The molecule has 2 N–H and O–H groups in total. The van der Waals surface area contributed by atoms with Crippen LogP contribution in [-0.4, -0.2) is 20.9 Å². The predicted octanol–water partition coefficient (Wildman–Crippen LogP) is 3.25. The number of rotatable bonds is 7. The molecule has 28 heavy (non-hydrogen) atoms.